The van der Waals surface area contributed by atoms with Gasteiger partial charge in [-0.3, -0.25) is 14.4 Å². The minimum Gasteiger partial charge on any atom is -0.504 e. The van der Waals surface area contributed by atoms with Crippen LogP contribution >= 0.6 is 0 Å². The molecule has 0 saturated heterocycles. The molecule has 65 heavy (non-hydrogen) atoms. The van der Waals surface area contributed by atoms with E-state index in [1.807, 2.05) is 94.5 Å². The topological polar surface area (TPSA) is 196 Å². The third-order valence-corrected chi connectivity index (χ3v) is 17.4. The van der Waals surface area contributed by atoms with Gasteiger partial charge >= 0.3 is 12.1 Å². The number of phenols is 1. The van der Waals surface area contributed by atoms with Crippen LogP contribution in [0.15, 0.2) is 91.1 Å². The van der Waals surface area contributed by atoms with Crippen LogP contribution in [0.25, 0.3) is 16.7 Å². The quantitative estimate of drug-likeness (QED) is 0.0356. The van der Waals surface area contributed by atoms with Crippen molar-refractivity contribution in [2.45, 2.75) is 96.4 Å². The number of anilines is 2. The van der Waals surface area contributed by atoms with Crippen molar-refractivity contribution in [3.05, 3.63) is 113 Å². The molecule has 7 rings (SSSR count). The zero-order valence-electron chi connectivity index (χ0n) is 38.1. The normalized spacial score (nSPS) is 17.8. The highest BCUT2D eigenvalue weighted by molar-refractivity contribution is 6.74. The number of aromatic hydroxyl groups is 1. The zero-order valence-corrected chi connectivity index (χ0v) is 39.1. The van der Waals surface area contributed by atoms with Crippen molar-refractivity contribution in [1.29, 1.82) is 0 Å². The first-order valence-corrected chi connectivity index (χ1v) is 24.6. The Morgan fingerprint density at radius 3 is 2.08 bits per heavy atom. The van der Waals surface area contributed by atoms with Gasteiger partial charge < -0.3 is 39.8 Å². The number of nitrogens with zero attached hydrogens (tertiary/aromatic N) is 2. The molecule has 0 bridgehead atoms. The number of carbonyl (C=O) groups is 5. The predicted molar refractivity (Wildman–Crippen MR) is 249 cm³/mol. The van der Waals surface area contributed by atoms with Crippen LogP contribution in [0.5, 0.6) is 11.5 Å². The number of Topliss-reactive ketones (excluding diaryl/α,β-unsaturated/α-hetero) is 1. The third-order valence-electron chi connectivity index (χ3n) is 13.0. The van der Waals surface area contributed by atoms with Crippen molar-refractivity contribution in [2.24, 2.45) is 5.92 Å². The van der Waals surface area contributed by atoms with Gasteiger partial charge in [0.2, 0.25) is 5.91 Å². The number of hydrogen-bond acceptors (Lipinski definition) is 11. The van der Waals surface area contributed by atoms with Gasteiger partial charge in [-0.1, -0.05) is 95.3 Å². The molecule has 5 N–H and O–H groups in total. The Balaban J connectivity index is 1.01. The number of benzene rings is 4. The highest BCUT2D eigenvalue weighted by Gasteiger charge is 2.50. The Hall–Kier alpha value is -6.49. The molecule has 15 nitrogen and oxygen atoms in total. The van der Waals surface area contributed by atoms with Crippen LogP contribution in [-0.2, 0) is 23.5 Å². The fourth-order valence-corrected chi connectivity index (χ4v) is 9.50. The minimum atomic E-state index is -2.66. The summed E-state index contributed by atoms with van der Waals surface area (Å²) in [5.41, 5.74) is 12.3. The molecular weight excluding hydrogens is 847 g/mol. The number of fused-ring (bicyclic) bond motifs is 5. The second-order valence-electron chi connectivity index (χ2n) is 18.6. The van der Waals surface area contributed by atoms with Crippen LogP contribution < -0.4 is 25.8 Å². The molecule has 4 atom stereocenters. The summed E-state index contributed by atoms with van der Waals surface area (Å²) in [6, 6.07) is 23.0. The van der Waals surface area contributed by atoms with E-state index in [0.717, 1.165) is 38.3 Å². The Morgan fingerprint density at radius 1 is 0.892 bits per heavy atom. The molecule has 0 spiro atoms. The molecule has 1 aliphatic carbocycles. The van der Waals surface area contributed by atoms with Gasteiger partial charge in [-0.2, -0.15) is 0 Å². The van der Waals surface area contributed by atoms with Gasteiger partial charge in [0, 0.05) is 23.9 Å². The van der Waals surface area contributed by atoms with E-state index < -0.39 is 68.2 Å². The smallest absolute Gasteiger partial charge is 0.414 e. The van der Waals surface area contributed by atoms with Crippen molar-refractivity contribution in [1.82, 2.24) is 15.6 Å². The Morgan fingerprint density at radius 2 is 1.51 bits per heavy atom. The fraction of sp³-hybridized carbons (Fsp3) is 0.367. The lowest BCUT2D eigenvalue weighted by Crippen LogP contribution is -2.57. The summed E-state index contributed by atoms with van der Waals surface area (Å²) in [6.07, 6.45) is -0.469. The number of esters is 1. The van der Waals surface area contributed by atoms with Crippen molar-refractivity contribution in [3.8, 4) is 22.6 Å². The Kier molecular flexibility index (Phi) is 13.0. The summed E-state index contributed by atoms with van der Waals surface area (Å²) < 4.78 is 17.8. The van der Waals surface area contributed by atoms with E-state index in [2.05, 4.69) is 16.2 Å². The van der Waals surface area contributed by atoms with Gasteiger partial charge in [-0.25, -0.2) is 19.9 Å². The second-order valence-corrected chi connectivity index (χ2v) is 23.3. The highest BCUT2D eigenvalue weighted by Crippen LogP contribution is 2.47. The number of phenolic OH excluding ortho intramolecular Hbond substituents is 1. The van der Waals surface area contributed by atoms with Gasteiger partial charge in [0.25, 0.3) is 11.7 Å². The number of hydrogen-bond donors (Lipinski definition) is 5. The maximum Gasteiger partial charge on any atom is 0.414 e. The largest absolute Gasteiger partial charge is 0.504 e. The van der Waals surface area contributed by atoms with Gasteiger partial charge in [0.05, 0.1) is 24.4 Å². The average Bonchev–Trinajstić information content (AvgIpc) is 3.83. The summed E-state index contributed by atoms with van der Waals surface area (Å²) in [6.45, 7) is 15.2. The number of nitrogens with one attached hydrogen (secondary N) is 3. The maximum absolute atomic E-state index is 14.3. The van der Waals surface area contributed by atoms with E-state index >= 15 is 0 Å². The fourth-order valence-electron chi connectivity index (χ4n) is 8.28. The number of rotatable bonds is 14. The molecule has 342 valence electrons. The van der Waals surface area contributed by atoms with E-state index in [9.17, 15) is 34.2 Å². The van der Waals surface area contributed by atoms with E-state index in [1.54, 1.807) is 39.1 Å². The number of ketones is 1. The Bertz CT molecular complexity index is 2510. The summed E-state index contributed by atoms with van der Waals surface area (Å²) >= 11 is 0. The molecule has 4 aromatic carbocycles. The zero-order chi connectivity index (χ0) is 47.1. The van der Waals surface area contributed by atoms with Crippen LogP contribution in [0.1, 0.15) is 80.9 Å². The molecule has 3 amide bonds. The summed E-state index contributed by atoms with van der Waals surface area (Å²) in [7, 11) is -1.31. The second kappa shape index (κ2) is 18.2. The van der Waals surface area contributed by atoms with Crippen LogP contribution in [0.3, 0.4) is 0 Å². The third kappa shape index (κ3) is 9.10. The average molecular weight is 904 g/mol. The first-order chi connectivity index (χ1) is 30.7. The van der Waals surface area contributed by atoms with Crippen molar-refractivity contribution in [2.75, 3.05) is 24.0 Å². The summed E-state index contributed by atoms with van der Waals surface area (Å²) in [4.78, 5) is 70.0. The van der Waals surface area contributed by atoms with Crippen LogP contribution in [0.2, 0.25) is 18.1 Å². The van der Waals surface area contributed by atoms with Crippen LogP contribution in [-0.4, -0.2) is 91.2 Å². The molecule has 2 unspecified atom stereocenters. The van der Waals surface area contributed by atoms with Gasteiger partial charge in [0.1, 0.15) is 18.7 Å². The Labute approximate surface area is 379 Å². The standard InChI is InChI=1S/C49H57N5O10Si/c1-27(2)42(43(56)47(59)63-26-37-34-16-12-10-14-32(34)33-15-11-13-17-35(33)37)50-44(57)28(3)51-52-31-20-18-29(19-21-31)30-22-39-46(64-65(8,9)49(4,5)6)54(48(60)61)38-24-40(55)41(62-7)23-36(38)45(58)53(39)25-30/h10-21,23-25,27-28,37,39,42,46,51-52,55H,22,26H2,1-9H3,(H,50,57)(H,60,61)/t28?,39-,42?,46-/m0/s1. The molecule has 0 saturated carbocycles. The molecular formula is C49H57N5O10Si. The van der Waals surface area contributed by atoms with Gasteiger partial charge in [-0.15, -0.1) is 0 Å². The number of amides is 3. The molecule has 2 aliphatic heterocycles. The molecule has 0 aromatic heterocycles. The minimum absolute atomic E-state index is 0.00152. The highest BCUT2D eigenvalue weighted by atomic mass is 28.4. The number of carbonyl (C=O) groups excluding carboxylic acids is 4. The monoisotopic (exact) mass is 903 g/mol. The van der Waals surface area contributed by atoms with Crippen molar-refractivity contribution >= 4 is 54.9 Å². The molecule has 2 heterocycles. The van der Waals surface area contributed by atoms with Gasteiger partial charge in [0.15, 0.2) is 26.0 Å². The predicted octanol–water partition coefficient (Wildman–Crippen LogP) is 7.87. The first kappa shape index (κ1) is 46.5. The molecule has 4 aromatic rings. The van der Waals surface area contributed by atoms with Crippen molar-refractivity contribution < 1.29 is 48.1 Å². The lowest BCUT2D eigenvalue weighted by molar-refractivity contribution is -0.155. The van der Waals surface area contributed by atoms with Gasteiger partial charge in [-0.05, 0) is 89.0 Å². The van der Waals surface area contributed by atoms with E-state index in [4.69, 9.17) is 13.9 Å². The first-order valence-electron chi connectivity index (χ1n) is 21.7. The van der Waals surface area contributed by atoms with E-state index in [1.165, 1.54) is 24.1 Å². The molecule has 3 aliphatic rings. The number of ether oxygens (including phenoxy) is 2. The SMILES string of the molecule is COc1cc2c(cc1O)N(C(=O)O)[C@@H](O[Si](C)(C)C(C)(C)C)[C@@H]1CC(c3ccc(NNC(C)C(=O)NC(C(=O)C(=O)OCC4c5ccccc5-c5ccccc54)C(C)C)cc3)=CN1C2=O. The summed E-state index contributed by atoms with van der Waals surface area (Å²) in [5.74, 6) is -3.75. The van der Waals surface area contributed by atoms with E-state index in [-0.39, 0.29) is 46.7 Å². The van der Waals surface area contributed by atoms with Crippen LogP contribution in [0.4, 0.5) is 16.2 Å². The summed E-state index contributed by atoms with van der Waals surface area (Å²) in [5, 5.41) is 23.8. The van der Waals surface area contributed by atoms with E-state index in [0.29, 0.717) is 5.69 Å². The molecule has 0 radical (unpaired) electrons. The maximum atomic E-state index is 14.3. The number of carboxylic acid groups (broad SMARTS) is 1. The molecule has 16 heteroatoms. The number of methoxy groups -OCH3 is 1. The van der Waals surface area contributed by atoms with Crippen molar-refractivity contribution in [3.63, 3.8) is 0 Å². The lowest BCUT2D eigenvalue weighted by Gasteiger charge is -2.44. The number of hydrazine groups is 1. The lowest BCUT2D eigenvalue weighted by atomic mass is 9.97. The molecule has 0 fully saturated rings. The van der Waals surface area contributed by atoms with Crippen LogP contribution in [0, 0.1) is 5.92 Å².